The van der Waals surface area contributed by atoms with Gasteiger partial charge in [-0.05, 0) is 48.4 Å². The molecule has 2 aromatic carbocycles. The molecule has 0 aliphatic heterocycles. The normalized spacial score (nSPS) is 11.4. The van der Waals surface area contributed by atoms with E-state index in [0.717, 1.165) is 33.4 Å². The fourth-order valence-electron chi connectivity index (χ4n) is 1.85. The molecule has 0 aliphatic carbocycles. The second kappa shape index (κ2) is 5.87. The van der Waals surface area contributed by atoms with Crippen LogP contribution in [0.15, 0.2) is 46.9 Å². The summed E-state index contributed by atoms with van der Waals surface area (Å²) in [5.74, 6) is 0. The zero-order valence-electron chi connectivity index (χ0n) is 10.8. The van der Waals surface area contributed by atoms with Crippen molar-refractivity contribution < 1.29 is 13.2 Å². The third kappa shape index (κ3) is 4.00. The fraction of sp³-hybridized carbons (Fsp3) is 0.200. The quantitative estimate of drug-likeness (QED) is 0.787. The molecule has 0 amide bonds. The van der Waals surface area contributed by atoms with Crippen molar-refractivity contribution in [2.75, 3.05) is 5.32 Å². The Morgan fingerprint density at radius 2 is 1.70 bits per heavy atom. The maximum atomic E-state index is 12.4. The van der Waals surface area contributed by atoms with Gasteiger partial charge < -0.3 is 5.32 Å². The fourth-order valence-corrected chi connectivity index (χ4v) is 2.46. The van der Waals surface area contributed by atoms with E-state index in [1.165, 1.54) is 12.1 Å². The van der Waals surface area contributed by atoms with Crippen molar-refractivity contribution in [3.8, 4) is 0 Å². The molecule has 1 nitrogen and oxygen atoms in total. The standard InChI is InChI=1S/C15H13BrF3N/c1-10-6-13(16)8-14(7-10)20-9-11-2-4-12(5-3-11)15(17,18)19/h2-8,20H,9H2,1H3. The molecule has 0 unspecified atom stereocenters. The molecule has 0 aromatic heterocycles. The lowest BCUT2D eigenvalue weighted by molar-refractivity contribution is -0.137. The Morgan fingerprint density at radius 3 is 2.25 bits per heavy atom. The first kappa shape index (κ1) is 14.9. The second-order valence-electron chi connectivity index (χ2n) is 4.57. The molecule has 0 bridgehead atoms. The number of halogens is 4. The molecule has 0 spiro atoms. The molecule has 0 aliphatic rings. The number of alkyl halides is 3. The molecular formula is C15H13BrF3N. The monoisotopic (exact) mass is 343 g/mol. The van der Waals surface area contributed by atoms with Crippen molar-refractivity contribution in [1.82, 2.24) is 0 Å². The van der Waals surface area contributed by atoms with Gasteiger partial charge in [0.25, 0.3) is 0 Å². The number of benzene rings is 2. The highest BCUT2D eigenvalue weighted by Crippen LogP contribution is 2.29. The third-order valence-electron chi connectivity index (χ3n) is 2.82. The molecule has 0 saturated heterocycles. The summed E-state index contributed by atoms with van der Waals surface area (Å²) in [5, 5.41) is 3.19. The van der Waals surface area contributed by atoms with Crippen LogP contribution in [0.25, 0.3) is 0 Å². The molecule has 5 heteroatoms. The molecule has 0 fully saturated rings. The topological polar surface area (TPSA) is 12.0 Å². The van der Waals surface area contributed by atoms with Crippen molar-refractivity contribution in [3.63, 3.8) is 0 Å². The van der Waals surface area contributed by atoms with Gasteiger partial charge >= 0.3 is 6.18 Å². The number of aryl methyl sites for hydroxylation is 1. The summed E-state index contributed by atoms with van der Waals surface area (Å²) in [6.45, 7) is 2.46. The number of nitrogens with one attached hydrogen (secondary N) is 1. The van der Waals surface area contributed by atoms with E-state index < -0.39 is 11.7 Å². The molecule has 106 valence electrons. The minimum absolute atomic E-state index is 0.480. The van der Waals surface area contributed by atoms with E-state index in [0.29, 0.717) is 6.54 Å². The Kier molecular flexibility index (Phi) is 4.38. The summed E-state index contributed by atoms with van der Waals surface area (Å²) >= 11 is 3.41. The van der Waals surface area contributed by atoms with E-state index in [1.54, 1.807) is 0 Å². The van der Waals surface area contributed by atoms with Crippen molar-refractivity contribution in [1.29, 1.82) is 0 Å². The molecule has 2 rings (SSSR count). The molecule has 0 radical (unpaired) electrons. The highest BCUT2D eigenvalue weighted by molar-refractivity contribution is 9.10. The van der Waals surface area contributed by atoms with Gasteiger partial charge in [-0.1, -0.05) is 28.1 Å². The van der Waals surface area contributed by atoms with Crippen LogP contribution < -0.4 is 5.32 Å². The Labute approximate surface area is 123 Å². The molecule has 20 heavy (non-hydrogen) atoms. The predicted molar refractivity (Wildman–Crippen MR) is 77.6 cm³/mol. The van der Waals surface area contributed by atoms with Gasteiger partial charge in [0.1, 0.15) is 0 Å². The highest BCUT2D eigenvalue weighted by Gasteiger charge is 2.29. The molecule has 2 aromatic rings. The zero-order chi connectivity index (χ0) is 14.8. The van der Waals surface area contributed by atoms with Crippen LogP contribution in [0.2, 0.25) is 0 Å². The van der Waals surface area contributed by atoms with Crippen LogP contribution in [0.3, 0.4) is 0 Å². The van der Waals surface area contributed by atoms with Crippen molar-refractivity contribution in [2.24, 2.45) is 0 Å². The van der Waals surface area contributed by atoms with Crippen LogP contribution in [0.5, 0.6) is 0 Å². The Bertz CT molecular complexity index is 571. The van der Waals surface area contributed by atoms with Crippen LogP contribution in [-0.4, -0.2) is 0 Å². The highest BCUT2D eigenvalue weighted by atomic mass is 79.9. The number of anilines is 1. The molecule has 1 N–H and O–H groups in total. The molecule has 0 heterocycles. The van der Waals surface area contributed by atoms with E-state index in [-0.39, 0.29) is 0 Å². The van der Waals surface area contributed by atoms with Crippen LogP contribution in [-0.2, 0) is 12.7 Å². The van der Waals surface area contributed by atoms with Crippen LogP contribution in [0.4, 0.5) is 18.9 Å². The summed E-state index contributed by atoms with van der Waals surface area (Å²) in [4.78, 5) is 0. The number of rotatable bonds is 3. The first-order valence-electron chi connectivity index (χ1n) is 6.02. The summed E-state index contributed by atoms with van der Waals surface area (Å²) in [6, 6.07) is 11.1. The Balaban J connectivity index is 2.04. The zero-order valence-corrected chi connectivity index (χ0v) is 12.3. The van der Waals surface area contributed by atoms with Crippen LogP contribution >= 0.6 is 15.9 Å². The summed E-state index contributed by atoms with van der Waals surface area (Å²) in [7, 11) is 0. The van der Waals surface area contributed by atoms with E-state index in [2.05, 4.69) is 21.2 Å². The number of hydrogen-bond donors (Lipinski definition) is 1. The second-order valence-corrected chi connectivity index (χ2v) is 5.48. The number of hydrogen-bond acceptors (Lipinski definition) is 1. The minimum Gasteiger partial charge on any atom is -0.381 e. The van der Waals surface area contributed by atoms with Gasteiger partial charge in [-0.2, -0.15) is 13.2 Å². The van der Waals surface area contributed by atoms with Gasteiger partial charge in [0.15, 0.2) is 0 Å². The smallest absolute Gasteiger partial charge is 0.381 e. The van der Waals surface area contributed by atoms with Crippen molar-refractivity contribution in [3.05, 3.63) is 63.6 Å². The van der Waals surface area contributed by atoms with E-state index in [4.69, 9.17) is 0 Å². The van der Waals surface area contributed by atoms with Gasteiger partial charge in [0.2, 0.25) is 0 Å². The first-order chi connectivity index (χ1) is 9.34. The van der Waals surface area contributed by atoms with Crippen LogP contribution in [0.1, 0.15) is 16.7 Å². The van der Waals surface area contributed by atoms with Gasteiger partial charge in [-0.3, -0.25) is 0 Å². The minimum atomic E-state index is -4.28. The SMILES string of the molecule is Cc1cc(Br)cc(NCc2ccc(C(F)(F)F)cc2)c1. The average molecular weight is 344 g/mol. The summed E-state index contributed by atoms with van der Waals surface area (Å²) in [5.41, 5.74) is 2.21. The van der Waals surface area contributed by atoms with Gasteiger partial charge in [0.05, 0.1) is 5.56 Å². The molecule has 0 saturated carbocycles. The summed E-state index contributed by atoms with van der Waals surface area (Å²) < 4.78 is 38.3. The lowest BCUT2D eigenvalue weighted by atomic mass is 10.1. The van der Waals surface area contributed by atoms with Gasteiger partial charge in [-0.25, -0.2) is 0 Å². The maximum Gasteiger partial charge on any atom is 0.416 e. The first-order valence-corrected chi connectivity index (χ1v) is 6.81. The van der Waals surface area contributed by atoms with Gasteiger partial charge in [0, 0.05) is 16.7 Å². The van der Waals surface area contributed by atoms with Crippen LogP contribution in [0, 0.1) is 6.92 Å². The maximum absolute atomic E-state index is 12.4. The third-order valence-corrected chi connectivity index (χ3v) is 3.28. The largest absolute Gasteiger partial charge is 0.416 e. The molecular weight excluding hydrogens is 331 g/mol. The summed E-state index contributed by atoms with van der Waals surface area (Å²) in [6.07, 6.45) is -4.28. The Hall–Kier alpha value is -1.49. The van der Waals surface area contributed by atoms with E-state index >= 15 is 0 Å². The predicted octanol–water partition coefficient (Wildman–Crippen LogP) is 5.39. The van der Waals surface area contributed by atoms with Crippen molar-refractivity contribution in [2.45, 2.75) is 19.6 Å². The Morgan fingerprint density at radius 1 is 1.05 bits per heavy atom. The lowest BCUT2D eigenvalue weighted by Gasteiger charge is -2.10. The van der Waals surface area contributed by atoms with E-state index in [9.17, 15) is 13.2 Å². The molecule has 0 atom stereocenters. The van der Waals surface area contributed by atoms with Gasteiger partial charge in [-0.15, -0.1) is 0 Å². The van der Waals surface area contributed by atoms with Crippen molar-refractivity contribution >= 4 is 21.6 Å². The van der Waals surface area contributed by atoms with E-state index in [1.807, 2.05) is 25.1 Å². The lowest BCUT2D eigenvalue weighted by Crippen LogP contribution is -2.05. The average Bonchev–Trinajstić information content (AvgIpc) is 2.35.